The zero-order chi connectivity index (χ0) is 14.7. The van der Waals surface area contributed by atoms with E-state index in [1.165, 1.54) is 5.57 Å². The summed E-state index contributed by atoms with van der Waals surface area (Å²) in [4.78, 5) is 11.5. The second kappa shape index (κ2) is 11.0. The fourth-order valence-electron chi connectivity index (χ4n) is 1.88. The minimum absolute atomic E-state index is 0.0249. The largest absolute Gasteiger partial charge is 0.458 e. The van der Waals surface area contributed by atoms with Crippen LogP contribution in [0.1, 0.15) is 72.6 Å². The number of hydrogen-bond donors (Lipinski definition) is 1. The van der Waals surface area contributed by atoms with E-state index in [4.69, 9.17) is 9.84 Å². The van der Waals surface area contributed by atoms with Crippen LogP contribution in [-0.2, 0) is 9.53 Å². The summed E-state index contributed by atoms with van der Waals surface area (Å²) in [6.07, 6.45) is 9.18. The first-order chi connectivity index (χ1) is 8.97. The van der Waals surface area contributed by atoms with Gasteiger partial charge in [0.1, 0.15) is 6.10 Å². The normalized spacial score (nSPS) is 18.4. The summed E-state index contributed by atoms with van der Waals surface area (Å²) in [5, 5.41) is 8.06. The van der Waals surface area contributed by atoms with Gasteiger partial charge in [-0.1, -0.05) is 25.8 Å². The summed E-state index contributed by atoms with van der Waals surface area (Å²) in [5.74, 6) is -0.0249. The average molecular weight is 270 g/mol. The molecule has 0 amide bonds. The zero-order valence-corrected chi connectivity index (χ0v) is 12.9. The van der Waals surface area contributed by atoms with Crippen LogP contribution < -0.4 is 0 Å². The van der Waals surface area contributed by atoms with E-state index >= 15 is 0 Å². The van der Waals surface area contributed by atoms with E-state index in [2.05, 4.69) is 19.9 Å². The Morgan fingerprint density at radius 2 is 2.11 bits per heavy atom. The van der Waals surface area contributed by atoms with Crippen molar-refractivity contribution in [1.82, 2.24) is 0 Å². The van der Waals surface area contributed by atoms with Crippen LogP contribution in [0.25, 0.3) is 0 Å². The van der Waals surface area contributed by atoms with Gasteiger partial charge >= 0.3 is 5.97 Å². The fraction of sp³-hybridized carbons (Fsp3) is 0.812. The predicted molar refractivity (Wildman–Crippen MR) is 79.0 cm³/mol. The third-order valence-electron chi connectivity index (χ3n) is 2.90. The summed E-state index contributed by atoms with van der Waals surface area (Å²) in [5.41, 5.74) is 1.23. The van der Waals surface area contributed by atoms with Crippen molar-refractivity contribution < 1.29 is 14.6 Å². The summed E-state index contributed by atoms with van der Waals surface area (Å²) in [6, 6.07) is 0. The highest BCUT2D eigenvalue weighted by Crippen LogP contribution is 2.21. The fourth-order valence-corrected chi connectivity index (χ4v) is 1.88. The van der Waals surface area contributed by atoms with Gasteiger partial charge in [0.05, 0.1) is 0 Å². The highest BCUT2D eigenvalue weighted by Gasteiger charge is 2.18. The standard InChI is InChI=1S/C13H22O2.C3H8O/c1-3-4-5-10-13(14)15-12-9-7-6-8-11(12)2;1-3(2)4/h8,12H,3-7,9-10H2,1-2H3;3-4H,1-2H3. The first kappa shape index (κ1) is 18.2. The lowest BCUT2D eigenvalue weighted by atomic mass is 9.98. The monoisotopic (exact) mass is 270 g/mol. The first-order valence-corrected chi connectivity index (χ1v) is 7.51. The van der Waals surface area contributed by atoms with Crippen LogP contribution in [0.3, 0.4) is 0 Å². The molecule has 3 heteroatoms. The zero-order valence-electron chi connectivity index (χ0n) is 12.9. The van der Waals surface area contributed by atoms with Gasteiger partial charge in [0.15, 0.2) is 0 Å². The molecule has 1 atom stereocenters. The molecule has 0 heterocycles. The van der Waals surface area contributed by atoms with Gasteiger partial charge < -0.3 is 9.84 Å². The highest BCUT2D eigenvalue weighted by atomic mass is 16.5. The van der Waals surface area contributed by atoms with Crippen molar-refractivity contribution in [2.24, 2.45) is 0 Å². The molecule has 0 spiro atoms. The van der Waals surface area contributed by atoms with Gasteiger partial charge in [-0.05, 0) is 52.0 Å². The number of carbonyl (C=O) groups excluding carboxylic acids is 1. The maximum Gasteiger partial charge on any atom is 0.306 e. The van der Waals surface area contributed by atoms with E-state index in [1.807, 2.05) is 0 Å². The molecule has 0 aromatic carbocycles. The Morgan fingerprint density at radius 3 is 2.63 bits per heavy atom. The molecule has 0 aromatic rings. The van der Waals surface area contributed by atoms with Crippen molar-refractivity contribution in [1.29, 1.82) is 0 Å². The molecule has 1 N–H and O–H groups in total. The van der Waals surface area contributed by atoms with Gasteiger partial charge in [0.25, 0.3) is 0 Å². The van der Waals surface area contributed by atoms with Crippen LogP contribution in [0.2, 0.25) is 0 Å². The first-order valence-electron chi connectivity index (χ1n) is 7.51. The maximum absolute atomic E-state index is 11.5. The lowest BCUT2D eigenvalue weighted by molar-refractivity contribution is -0.148. The van der Waals surface area contributed by atoms with Gasteiger partial charge in [-0.2, -0.15) is 0 Å². The van der Waals surface area contributed by atoms with Crippen molar-refractivity contribution in [3.8, 4) is 0 Å². The van der Waals surface area contributed by atoms with E-state index in [0.717, 1.165) is 38.5 Å². The predicted octanol–water partition coefficient (Wildman–Crippen LogP) is 4.00. The van der Waals surface area contributed by atoms with Crippen molar-refractivity contribution in [2.75, 3.05) is 0 Å². The Morgan fingerprint density at radius 1 is 1.47 bits per heavy atom. The third-order valence-corrected chi connectivity index (χ3v) is 2.90. The number of ether oxygens (including phenoxy) is 1. The lowest BCUT2D eigenvalue weighted by Gasteiger charge is -2.22. The summed E-state index contributed by atoms with van der Waals surface area (Å²) < 4.78 is 5.44. The number of aliphatic hydroxyl groups excluding tert-OH is 1. The topological polar surface area (TPSA) is 46.5 Å². The Labute approximate surface area is 118 Å². The van der Waals surface area contributed by atoms with Crippen molar-refractivity contribution in [3.05, 3.63) is 11.6 Å². The molecule has 1 aliphatic rings. The molecule has 0 fully saturated rings. The molecule has 0 aromatic heterocycles. The second-order valence-corrected chi connectivity index (χ2v) is 5.41. The summed E-state index contributed by atoms with van der Waals surface area (Å²) >= 11 is 0. The highest BCUT2D eigenvalue weighted by molar-refractivity contribution is 5.69. The van der Waals surface area contributed by atoms with Crippen LogP contribution in [0, 0.1) is 0 Å². The number of carbonyl (C=O) groups is 1. The Balaban J connectivity index is 0.000000711. The number of esters is 1. The minimum atomic E-state index is -0.167. The van der Waals surface area contributed by atoms with Crippen LogP contribution in [-0.4, -0.2) is 23.3 Å². The van der Waals surface area contributed by atoms with E-state index < -0.39 is 0 Å². The van der Waals surface area contributed by atoms with Gasteiger partial charge in [-0.15, -0.1) is 0 Å². The average Bonchev–Trinajstić information content (AvgIpc) is 2.32. The third kappa shape index (κ3) is 10.8. The molecule has 19 heavy (non-hydrogen) atoms. The maximum atomic E-state index is 11.5. The van der Waals surface area contributed by atoms with Crippen LogP contribution in [0.15, 0.2) is 11.6 Å². The quantitative estimate of drug-likeness (QED) is 0.466. The smallest absolute Gasteiger partial charge is 0.306 e. The molecule has 0 aliphatic heterocycles. The molecule has 1 unspecified atom stereocenters. The molecule has 0 radical (unpaired) electrons. The summed E-state index contributed by atoms with van der Waals surface area (Å²) in [7, 11) is 0. The SMILES string of the molecule is CC(C)O.CCCCCC(=O)OC1CCCC=C1C. The lowest BCUT2D eigenvalue weighted by Crippen LogP contribution is -2.21. The molecule has 0 bridgehead atoms. The van der Waals surface area contributed by atoms with Gasteiger partial charge in [0.2, 0.25) is 0 Å². The molecular weight excluding hydrogens is 240 g/mol. The van der Waals surface area contributed by atoms with Crippen molar-refractivity contribution in [2.45, 2.75) is 84.8 Å². The van der Waals surface area contributed by atoms with Crippen LogP contribution in [0.4, 0.5) is 0 Å². The number of unbranched alkanes of at least 4 members (excludes halogenated alkanes) is 2. The van der Waals surface area contributed by atoms with Gasteiger partial charge in [0, 0.05) is 12.5 Å². The Bertz CT molecular complexity index is 266. The van der Waals surface area contributed by atoms with E-state index in [-0.39, 0.29) is 18.2 Å². The molecule has 3 nitrogen and oxygen atoms in total. The summed E-state index contributed by atoms with van der Waals surface area (Å²) in [6.45, 7) is 7.64. The second-order valence-electron chi connectivity index (χ2n) is 5.41. The van der Waals surface area contributed by atoms with E-state index in [0.29, 0.717) is 6.42 Å². The van der Waals surface area contributed by atoms with Gasteiger partial charge in [-0.3, -0.25) is 4.79 Å². The molecule has 1 rings (SSSR count). The number of allylic oxidation sites excluding steroid dienone is 1. The molecule has 1 aliphatic carbocycles. The molecule has 112 valence electrons. The van der Waals surface area contributed by atoms with Crippen LogP contribution >= 0.6 is 0 Å². The van der Waals surface area contributed by atoms with Crippen molar-refractivity contribution in [3.63, 3.8) is 0 Å². The number of aliphatic hydroxyl groups is 1. The number of rotatable bonds is 5. The molecular formula is C16H30O3. The number of hydrogen-bond acceptors (Lipinski definition) is 3. The Kier molecular flexibility index (Phi) is 10.6. The minimum Gasteiger partial charge on any atom is -0.458 e. The van der Waals surface area contributed by atoms with Crippen molar-refractivity contribution >= 4 is 5.97 Å². The van der Waals surface area contributed by atoms with Gasteiger partial charge in [-0.25, -0.2) is 0 Å². The van der Waals surface area contributed by atoms with E-state index in [9.17, 15) is 4.79 Å². The molecule has 0 saturated heterocycles. The Hall–Kier alpha value is -0.830. The van der Waals surface area contributed by atoms with Crippen LogP contribution in [0.5, 0.6) is 0 Å². The van der Waals surface area contributed by atoms with E-state index in [1.54, 1.807) is 13.8 Å². The molecule has 0 saturated carbocycles.